The van der Waals surface area contributed by atoms with Crippen molar-refractivity contribution in [2.45, 2.75) is 0 Å². The smallest absolute Gasteiger partial charge is 0.270 e. The molecule has 152 valence electrons. The van der Waals surface area contributed by atoms with Gasteiger partial charge in [-0.1, -0.05) is 12.1 Å². The Bertz CT molecular complexity index is 1110. The van der Waals surface area contributed by atoms with E-state index in [1.165, 1.54) is 18.2 Å². The molecule has 0 aromatic heterocycles. The summed E-state index contributed by atoms with van der Waals surface area (Å²) in [5.74, 6) is 1.86. The maximum Gasteiger partial charge on any atom is 0.270 e. The molecular formula is C22H17NO7. The van der Waals surface area contributed by atoms with E-state index >= 15 is 0 Å². The quantitative estimate of drug-likeness (QED) is 0.328. The summed E-state index contributed by atoms with van der Waals surface area (Å²) in [6.07, 6.45) is 0. The van der Waals surface area contributed by atoms with Crippen LogP contribution < -0.4 is 18.9 Å². The van der Waals surface area contributed by atoms with E-state index in [1.807, 2.05) is 0 Å². The predicted octanol–water partition coefficient (Wildman–Crippen LogP) is 4.26. The zero-order chi connectivity index (χ0) is 21.1. The van der Waals surface area contributed by atoms with Gasteiger partial charge in [-0.3, -0.25) is 14.9 Å². The van der Waals surface area contributed by atoms with Gasteiger partial charge in [0.1, 0.15) is 11.5 Å². The van der Waals surface area contributed by atoms with Crippen molar-refractivity contribution in [3.63, 3.8) is 0 Å². The van der Waals surface area contributed by atoms with E-state index in [-0.39, 0.29) is 24.9 Å². The number of hydrogen-bond acceptors (Lipinski definition) is 7. The minimum Gasteiger partial charge on any atom is -0.497 e. The SMILES string of the molecule is COc1ccc(-c2cc([N+](=O)[O-])ccc2OCC(=O)c2ccc3c(c2)OCO3)cc1. The van der Waals surface area contributed by atoms with Crippen LogP contribution in [0.15, 0.2) is 60.7 Å². The molecule has 3 aromatic carbocycles. The monoisotopic (exact) mass is 407 g/mol. The van der Waals surface area contributed by atoms with Gasteiger partial charge in [0.05, 0.1) is 12.0 Å². The Morgan fingerprint density at radius 2 is 1.80 bits per heavy atom. The van der Waals surface area contributed by atoms with E-state index in [0.29, 0.717) is 39.7 Å². The van der Waals surface area contributed by atoms with Crippen molar-refractivity contribution in [2.24, 2.45) is 0 Å². The number of hydrogen-bond donors (Lipinski definition) is 0. The molecule has 0 spiro atoms. The van der Waals surface area contributed by atoms with E-state index in [1.54, 1.807) is 49.6 Å². The van der Waals surface area contributed by atoms with Crippen LogP contribution in [0.25, 0.3) is 11.1 Å². The standard InChI is InChI=1S/C22H17NO7/c1-27-17-6-2-14(3-7-17)18-11-16(23(25)26)5-9-20(18)28-12-19(24)15-4-8-21-22(10-15)30-13-29-21/h2-11H,12-13H2,1H3. The first-order chi connectivity index (χ1) is 14.5. The van der Waals surface area contributed by atoms with Gasteiger partial charge in [0.25, 0.3) is 5.69 Å². The first-order valence-corrected chi connectivity index (χ1v) is 9.03. The van der Waals surface area contributed by atoms with Crippen molar-refractivity contribution >= 4 is 11.5 Å². The summed E-state index contributed by atoms with van der Waals surface area (Å²) < 4.78 is 21.4. The third kappa shape index (κ3) is 3.88. The summed E-state index contributed by atoms with van der Waals surface area (Å²) in [4.78, 5) is 23.3. The van der Waals surface area contributed by atoms with Crippen LogP contribution >= 0.6 is 0 Å². The average Bonchev–Trinajstić information content (AvgIpc) is 3.25. The molecule has 0 amide bonds. The molecule has 4 rings (SSSR count). The van der Waals surface area contributed by atoms with Gasteiger partial charge >= 0.3 is 0 Å². The lowest BCUT2D eigenvalue weighted by atomic mass is 10.0. The van der Waals surface area contributed by atoms with E-state index in [4.69, 9.17) is 18.9 Å². The van der Waals surface area contributed by atoms with Crippen molar-refractivity contribution in [3.8, 4) is 34.1 Å². The summed E-state index contributed by atoms with van der Waals surface area (Å²) in [5.41, 5.74) is 1.55. The highest BCUT2D eigenvalue weighted by Crippen LogP contribution is 2.35. The molecule has 1 aliphatic heterocycles. The number of non-ortho nitro benzene ring substituents is 1. The highest BCUT2D eigenvalue weighted by molar-refractivity contribution is 5.98. The van der Waals surface area contributed by atoms with Crippen LogP contribution in [0.5, 0.6) is 23.0 Å². The zero-order valence-corrected chi connectivity index (χ0v) is 16.0. The molecule has 8 nitrogen and oxygen atoms in total. The Kier molecular flexibility index (Phi) is 5.21. The Morgan fingerprint density at radius 1 is 1.03 bits per heavy atom. The number of methoxy groups -OCH3 is 1. The fourth-order valence-corrected chi connectivity index (χ4v) is 3.05. The minimum atomic E-state index is -0.478. The highest BCUT2D eigenvalue weighted by Gasteiger charge is 2.18. The van der Waals surface area contributed by atoms with Gasteiger partial charge in [0, 0.05) is 23.3 Å². The average molecular weight is 407 g/mol. The van der Waals surface area contributed by atoms with Crippen LogP contribution in [0.1, 0.15) is 10.4 Å². The molecule has 0 saturated heterocycles. The molecule has 0 unspecified atom stereocenters. The zero-order valence-electron chi connectivity index (χ0n) is 16.0. The highest BCUT2D eigenvalue weighted by atomic mass is 16.7. The second-order valence-electron chi connectivity index (χ2n) is 6.45. The number of nitro benzene ring substituents is 1. The van der Waals surface area contributed by atoms with E-state index in [9.17, 15) is 14.9 Å². The van der Waals surface area contributed by atoms with Gasteiger partial charge in [-0.05, 0) is 42.0 Å². The summed E-state index contributed by atoms with van der Waals surface area (Å²) in [6, 6.07) is 16.2. The minimum absolute atomic E-state index is 0.0738. The first kappa shape index (κ1) is 19.3. The van der Waals surface area contributed by atoms with E-state index in [0.717, 1.165) is 0 Å². The molecule has 0 fully saturated rings. The lowest BCUT2D eigenvalue weighted by molar-refractivity contribution is -0.384. The molecule has 0 N–H and O–H groups in total. The summed E-state index contributed by atoms with van der Waals surface area (Å²) in [6.45, 7) is -0.113. The fraction of sp³-hybridized carbons (Fsp3) is 0.136. The van der Waals surface area contributed by atoms with Crippen molar-refractivity contribution in [2.75, 3.05) is 20.5 Å². The lowest BCUT2D eigenvalue weighted by Gasteiger charge is -2.12. The van der Waals surface area contributed by atoms with Crippen molar-refractivity contribution in [3.05, 3.63) is 76.3 Å². The molecule has 0 atom stereocenters. The van der Waals surface area contributed by atoms with Crippen LogP contribution in [0.3, 0.4) is 0 Å². The normalized spacial score (nSPS) is 11.8. The van der Waals surface area contributed by atoms with Gasteiger partial charge in [0.2, 0.25) is 6.79 Å². The third-order valence-electron chi connectivity index (χ3n) is 4.63. The Balaban J connectivity index is 1.58. The Labute approximate surface area is 171 Å². The molecular weight excluding hydrogens is 390 g/mol. The largest absolute Gasteiger partial charge is 0.497 e. The number of ether oxygens (including phenoxy) is 4. The molecule has 3 aromatic rings. The van der Waals surface area contributed by atoms with Crippen LogP contribution in [-0.4, -0.2) is 31.2 Å². The number of Topliss-reactive ketones (excluding diaryl/α,β-unsaturated/α-hetero) is 1. The molecule has 8 heteroatoms. The number of benzene rings is 3. The molecule has 1 heterocycles. The molecule has 1 aliphatic rings. The molecule has 0 radical (unpaired) electrons. The van der Waals surface area contributed by atoms with Crippen molar-refractivity contribution in [1.29, 1.82) is 0 Å². The maximum absolute atomic E-state index is 12.6. The van der Waals surface area contributed by atoms with Gasteiger partial charge in [-0.15, -0.1) is 0 Å². The molecule has 0 bridgehead atoms. The maximum atomic E-state index is 12.6. The van der Waals surface area contributed by atoms with Crippen LogP contribution in [0.2, 0.25) is 0 Å². The Morgan fingerprint density at radius 3 is 2.53 bits per heavy atom. The fourth-order valence-electron chi connectivity index (χ4n) is 3.05. The molecule has 0 aliphatic carbocycles. The number of ketones is 1. The van der Waals surface area contributed by atoms with Gasteiger partial charge in [-0.25, -0.2) is 0 Å². The summed E-state index contributed by atoms with van der Waals surface area (Å²) in [7, 11) is 1.55. The van der Waals surface area contributed by atoms with Gasteiger partial charge < -0.3 is 18.9 Å². The predicted molar refractivity (Wildman–Crippen MR) is 107 cm³/mol. The number of rotatable bonds is 7. The van der Waals surface area contributed by atoms with Gasteiger partial charge in [0.15, 0.2) is 23.9 Å². The number of nitrogens with zero attached hydrogens (tertiary/aromatic N) is 1. The van der Waals surface area contributed by atoms with Crippen LogP contribution in [-0.2, 0) is 0 Å². The van der Waals surface area contributed by atoms with Crippen LogP contribution in [0, 0.1) is 10.1 Å². The topological polar surface area (TPSA) is 97.1 Å². The summed E-state index contributed by atoms with van der Waals surface area (Å²) >= 11 is 0. The second-order valence-corrected chi connectivity index (χ2v) is 6.45. The molecule has 30 heavy (non-hydrogen) atoms. The number of nitro groups is 1. The molecule has 0 saturated carbocycles. The van der Waals surface area contributed by atoms with Crippen LogP contribution in [0.4, 0.5) is 5.69 Å². The van der Waals surface area contributed by atoms with E-state index < -0.39 is 4.92 Å². The number of carbonyl (C=O) groups is 1. The van der Waals surface area contributed by atoms with E-state index in [2.05, 4.69) is 0 Å². The van der Waals surface area contributed by atoms with Crippen molar-refractivity contribution < 1.29 is 28.7 Å². The summed E-state index contributed by atoms with van der Waals surface area (Å²) in [5, 5.41) is 11.2. The van der Waals surface area contributed by atoms with Crippen molar-refractivity contribution in [1.82, 2.24) is 0 Å². The lowest BCUT2D eigenvalue weighted by Crippen LogP contribution is -2.12. The first-order valence-electron chi connectivity index (χ1n) is 9.03. The second kappa shape index (κ2) is 8.12. The third-order valence-corrected chi connectivity index (χ3v) is 4.63. The number of carbonyl (C=O) groups excluding carboxylic acids is 1. The Hall–Kier alpha value is -4.07. The van der Waals surface area contributed by atoms with Gasteiger partial charge in [-0.2, -0.15) is 0 Å². The number of fused-ring (bicyclic) bond motifs is 1.